The fourth-order valence-electron chi connectivity index (χ4n) is 4.34. The van der Waals surface area contributed by atoms with Crippen LogP contribution in [0.5, 0.6) is 5.75 Å². The second kappa shape index (κ2) is 7.61. The van der Waals surface area contributed by atoms with Crippen LogP contribution in [0.25, 0.3) is 10.9 Å². The van der Waals surface area contributed by atoms with Gasteiger partial charge in [-0.25, -0.2) is 14.0 Å². The zero-order valence-corrected chi connectivity index (χ0v) is 17.8. The van der Waals surface area contributed by atoms with E-state index < -0.39 is 34.4 Å². The summed E-state index contributed by atoms with van der Waals surface area (Å²) in [6.07, 6.45) is 1.52. The molecule has 0 bridgehead atoms. The monoisotopic (exact) mass is 452 g/mol. The van der Waals surface area contributed by atoms with Crippen molar-refractivity contribution in [1.82, 2.24) is 9.88 Å². The quantitative estimate of drug-likeness (QED) is 0.611. The van der Waals surface area contributed by atoms with Crippen LogP contribution >= 0.6 is 0 Å². The summed E-state index contributed by atoms with van der Waals surface area (Å²) in [5.74, 6) is -1.96. The fraction of sp³-hybridized carbons (Fsp3) is 0.292. The Balaban J connectivity index is 1.54. The molecule has 33 heavy (non-hydrogen) atoms. The average molecular weight is 452 g/mol. The van der Waals surface area contributed by atoms with E-state index in [0.717, 1.165) is 11.6 Å². The van der Waals surface area contributed by atoms with Crippen molar-refractivity contribution >= 4 is 23.0 Å². The van der Waals surface area contributed by atoms with Gasteiger partial charge in [-0.15, -0.1) is 0 Å². The number of nitrogens with one attached hydrogen (secondary N) is 1. The lowest BCUT2D eigenvalue weighted by Crippen LogP contribution is -2.37. The first-order chi connectivity index (χ1) is 15.8. The Bertz CT molecular complexity index is 1350. The Morgan fingerprint density at radius 1 is 1.30 bits per heavy atom. The molecule has 2 aliphatic rings. The number of aromatic carboxylic acids is 1. The van der Waals surface area contributed by atoms with Crippen molar-refractivity contribution in [2.24, 2.45) is 0 Å². The number of rotatable bonds is 5. The summed E-state index contributed by atoms with van der Waals surface area (Å²) in [5.41, 5.74) is -0.939. The van der Waals surface area contributed by atoms with E-state index in [-0.39, 0.29) is 36.0 Å². The molecule has 0 radical (unpaired) electrons. The Hall–Kier alpha value is -3.88. The van der Waals surface area contributed by atoms with Crippen LogP contribution < -0.4 is 15.5 Å². The molecule has 1 amide bonds. The van der Waals surface area contributed by atoms with Crippen LogP contribution in [0.4, 0.5) is 9.18 Å². The summed E-state index contributed by atoms with van der Waals surface area (Å²) in [7, 11) is 0. The van der Waals surface area contributed by atoms with Crippen molar-refractivity contribution in [1.29, 1.82) is 0 Å². The van der Waals surface area contributed by atoms with Crippen molar-refractivity contribution in [3.05, 3.63) is 75.3 Å². The van der Waals surface area contributed by atoms with Crippen LogP contribution in [0.15, 0.2) is 47.4 Å². The second-order valence-electron chi connectivity index (χ2n) is 8.47. The summed E-state index contributed by atoms with van der Waals surface area (Å²) >= 11 is 0. The van der Waals surface area contributed by atoms with Gasteiger partial charge in [0.15, 0.2) is 5.75 Å². The number of benzene rings is 2. The average Bonchev–Trinajstić information content (AvgIpc) is 3.56. The van der Waals surface area contributed by atoms with Crippen molar-refractivity contribution < 1.29 is 28.6 Å². The first kappa shape index (κ1) is 21.0. The van der Waals surface area contributed by atoms with Gasteiger partial charge in [-0.2, -0.15) is 0 Å². The van der Waals surface area contributed by atoms with E-state index in [9.17, 15) is 19.5 Å². The first-order valence-electron chi connectivity index (χ1n) is 10.6. The summed E-state index contributed by atoms with van der Waals surface area (Å²) in [4.78, 5) is 36.8. The highest BCUT2D eigenvalue weighted by Gasteiger charge is 2.51. The van der Waals surface area contributed by atoms with Crippen LogP contribution in [0.1, 0.15) is 47.3 Å². The number of carbonyl (C=O) groups is 2. The highest BCUT2D eigenvalue weighted by Crippen LogP contribution is 2.52. The van der Waals surface area contributed by atoms with E-state index in [2.05, 4.69) is 5.32 Å². The molecule has 170 valence electrons. The van der Waals surface area contributed by atoms with Crippen molar-refractivity contribution in [2.75, 3.05) is 6.61 Å². The zero-order valence-electron chi connectivity index (χ0n) is 17.8. The molecule has 1 saturated carbocycles. The third kappa shape index (κ3) is 3.49. The number of hydrogen-bond acceptors (Lipinski definition) is 5. The van der Waals surface area contributed by atoms with E-state index in [1.54, 1.807) is 4.57 Å². The number of halogens is 1. The number of alkyl carbamates (subject to hydrolysis) is 1. The predicted octanol–water partition coefficient (Wildman–Crippen LogP) is 3.71. The van der Waals surface area contributed by atoms with Gasteiger partial charge in [0.2, 0.25) is 5.43 Å². The topological polar surface area (TPSA) is 107 Å². The molecule has 1 aromatic heterocycles. The van der Waals surface area contributed by atoms with Crippen molar-refractivity contribution in [3.63, 3.8) is 0 Å². The number of aromatic nitrogens is 1. The largest absolute Gasteiger partial charge is 0.489 e. The highest BCUT2D eigenvalue weighted by atomic mass is 19.1. The van der Waals surface area contributed by atoms with Crippen LogP contribution in [-0.2, 0) is 16.9 Å². The molecule has 9 heteroatoms. The lowest BCUT2D eigenvalue weighted by molar-refractivity contribution is 0.0694. The molecule has 1 aliphatic heterocycles. The van der Waals surface area contributed by atoms with Crippen LogP contribution in [-0.4, -0.2) is 28.3 Å². The normalized spacial score (nSPS) is 17.8. The molecule has 1 atom stereocenters. The third-order valence-corrected chi connectivity index (χ3v) is 6.18. The fourth-order valence-corrected chi connectivity index (χ4v) is 4.34. The van der Waals surface area contributed by atoms with Gasteiger partial charge in [0, 0.05) is 6.20 Å². The molecule has 2 heterocycles. The first-order valence-corrected chi connectivity index (χ1v) is 10.6. The van der Waals surface area contributed by atoms with Crippen LogP contribution in [0.2, 0.25) is 0 Å². The maximum Gasteiger partial charge on any atom is 0.408 e. The number of nitrogens with zero attached hydrogens (tertiary/aromatic N) is 1. The van der Waals surface area contributed by atoms with E-state index >= 15 is 4.39 Å². The summed E-state index contributed by atoms with van der Waals surface area (Å²) in [6, 6.07) is 9.95. The van der Waals surface area contributed by atoms with Gasteiger partial charge in [-0.3, -0.25) is 4.79 Å². The SMILES string of the molecule is C[C@H]1COc2c(C3(NC(=O)OCc4ccccc4)CC3)c(F)cc3c(=O)c(C(=O)O)cn1c23. The third-order valence-electron chi connectivity index (χ3n) is 6.18. The Kier molecular flexibility index (Phi) is 4.84. The minimum Gasteiger partial charge on any atom is -0.489 e. The molecule has 3 aromatic rings. The summed E-state index contributed by atoms with van der Waals surface area (Å²) in [5, 5.41) is 12.1. The van der Waals surface area contributed by atoms with E-state index in [0.29, 0.717) is 18.4 Å². The van der Waals surface area contributed by atoms with Gasteiger partial charge in [-0.1, -0.05) is 30.3 Å². The lowest BCUT2D eigenvalue weighted by Gasteiger charge is -2.30. The molecule has 0 unspecified atom stereocenters. The molecule has 0 saturated heterocycles. The molecule has 2 aromatic carbocycles. The highest BCUT2D eigenvalue weighted by molar-refractivity contribution is 5.95. The molecule has 1 fully saturated rings. The van der Waals surface area contributed by atoms with Crippen LogP contribution in [0.3, 0.4) is 0 Å². The van der Waals surface area contributed by atoms with Crippen LogP contribution in [0, 0.1) is 5.82 Å². The summed E-state index contributed by atoms with van der Waals surface area (Å²) < 4.78 is 28.2. The lowest BCUT2D eigenvalue weighted by atomic mass is 9.97. The maximum absolute atomic E-state index is 15.4. The van der Waals surface area contributed by atoms with E-state index in [1.165, 1.54) is 6.20 Å². The standard InChI is InChI=1S/C24H21FN2O6/c1-13-11-32-21-18(17(25)9-15-19(21)27(13)10-16(20(15)28)22(29)30)24(7-8-24)26-23(31)33-12-14-5-3-2-4-6-14/h2-6,9-10,13H,7-8,11-12H2,1H3,(H,26,31)(H,29,30)/t13-/m0/s1. The van der Waals surface area contributed by atoms with Gasteiger partial charge in [0.05, 0.1) is 28.0 Å². The number of carbonyl (C=O) groups excluding carboxylic acids is 1. The number of carboxylic acid groups (broad SMARTS) is 1. The van der Waals surface area contributed by atoms with Gasteiger partial charge >= 0.3 is 12.1 Å². The van der Waals surface area contributed by atoms with E-state index in [4.69, 9.17) is 9.47 Å². The van der Waals surface area contributed by atoms with Gasteiger partial charge < -0.3 is 24.5 Å². The van der Waals surface area contributed by atoms with Crippen molar-refractivity contribution in [3.8, 4) is 5.75 Å². The number of hydrogen-bond donors (Lipinski definition) is 2. The smallest absolute Gasteiger partial charge is 0.408 e. The predicted molar refractivity (Wildman–Crippen MR) is 116 cm³/mol. The van der Waals surface area contributed by atoms with E-state index in [1.807, 2.05) is 37.3 Å². The number of amides is 1. The zero-order chi connectivity index (χ0) is 23.3. The minimum absolute atomic E-state index is 0.0693. The summed E-state index contributed by atoms with van der Waals surface area (Å²) in [6.45, 7) is 2.05. The Morgan fingerprint density at radius 3 is 2.70 bits per heavy atom. The molecular weight excluding hydrogens is 431 g/mol. The molecule has 8 nitrogen and oxygen atoms in total. The number of carboxylic acids is 1. The Morgan fingerprint density at radius 2 is 2.03 bits per heavy atom. The van der Waals surface area contributed by atoms with Gasteiger partial charge in [0.25, 0.3) is 0 Å². The minimum atomic E-state index is -1.38. The van der Waals surface area contributed by atoms with Gasteiger partial charge in [0.1, 0.15) is 24.6 Å². The molecule has 0 spiro atoms. The van der Waals surface area contributed by atoms with Gasteiger partial charge in [-0.05, 0) is 31.4 Å². The Labute approximate surface area is 187 Å². The van der Waals surface area contributed by atoms with Crippen molar-refractivity contribution in [2.45, 2.75) is 38.0 Å². The molecule has 5 rings (SSSR count). The molecule has 1 aliphatic carbocycles. The maximum atomic E-state index is 15.4. The number of pyridine rings is 1. The number of ether oxygens (including phenoxy) is 2. The molecular formula is C24H21FN2O6. The second-order valence-corrected chi connectivity index (χ2v) is 8.47. The molecule has 2 N–H and O–H groups in total.